The van der Waals surface area contributed by atoms with Gasteiger partial charge in [0.2, 0.25) is 0 Å². The Morgan fingerprint density at radius 1 is 0.783 bits per heavy atom. The Morgan fingerprint density at radius 2 is 1.09 bits per heavy atom. The van der Waals surface area contributed by atoms with Crippen molar-refractivity contribution in [2.45, 2.75) is 13.8 Å². The zero-order valence-electron chi connectivity index (χ0n) is 12.7. The Kier molecular flexibility index (Phi) is 7.98. The molecule has 0 radical (unpaired) electrons. The second-order valence-corrected chi connectivity index (χ2v) is 4.56. The Bertz CT molecular complexity index is 650. The van der Waals surface area contributed by atoms with Gasteiger partial charge in [-0.15, -0.1) is 11.5 Å². The Hall–Kier alpha value is -2.40. The van der Waals surface area contributed by atoms with Gasteiger partial charge in [-0.1, -0.05) is 24.3 Å². The summed E-state index contributed by atoms with van der Waals surface area (Å²) in [6.07, 6.45) is 0. The number of rotatable bonds is 2. The van der Waals surface area contributed by atoms with E-state index in [2.05, 4.69) is 0 Å². The minimum atomic E-state index is -0.998. The first-order valence-corrected chi connectivity index (χ1v) is 6.24. The van der Waals surface area contributed by atoms with Crippen molar-refractivity contribution in [3.8, 4) is 11.5 Å². The van der Waals surface area contributed by atoms with Crippen molar-refractivity contribution >= 4 is 11.9 Å². The molecule has 0 heterocycles. The number of benzene rings is 2. The fraction of sp³-hybridized carbons (Fsp3) is 0.125. The molecule has 2 rings (SSSR count). The van der Waals surface area contributed by atoms with Crippen molar-refractivity contribution in [3.05, 3.63) is 58.7 Å². The van der Waals surface area contributed by atoms with Gasteiger partial charge in [0, 0.05) is 0 Å². The molecule has 0 amide bonds. The number of carboxylic acids is 2. The molecule has 116 valence electrons. The van der Waals surface area contributed by atoms with Gasteiger partial charge < -0.3 is 20.4 Å². The molecule has 0 aliphatic heterocycles. The van der Waals surface area contributed by atoms with Crippen molar-refractivity contribution < 1.29 is 49.5 Å². The maximum Gasteiger partial charge on any atom is 2.00 e. The maximum atomic E-state index is 10.7. The van der Waals surface area contributed by atoms with Gasteiger partial charge >= 0.3 is 31.4 Å². The van der Waals surface area contributed by atoms with Gasteiger partial charge in [-0.2, -0.15) is 0 Å². The third kappa shape index (κ3) is 6.08. The number of carbonyl (C=O) groups is 2. The first-order valence-electron chi connectivity index (χ1n) is 6.24. The quantitative estimate of drug-likeness (QED) is 0.776. The average molecular weight is 368 g/mol. The zero-order valence-corrected chi connectivity index (χ0v) is 15.7. The van der Waals surface area contributed by atoms with Gasteiger partial charge in [-0.3, -0.25) is 0 Å². The molecule has 23 heavy (non-hydrogen) atoms. The van der Waals surface area contributed by atoms with E-state index in [0.29, 0.717) is 11.1 Å². The molecule has 0 saturated heterocycles. The normalized spacial score (nSPS) is 9.13. The third-order valence-electron chi connectivity index (χ3n) is 2.86. The summed E-state index contributed by atoms with van der Waals surface area (Å²) in [5.41, 5.74) is 1.38. The summed E-state index contributed by atoms with van der Waals surface area (Å²) >= 11 is 0. The molecule has 0 spiro atoms. The minimum absolute atomic E-state index is 0. The van der Waals surface area contributed by atoms with Crippen LogP contribution in [0.1, 0.15) is 31.8 Å². The summed E-state index contributed by atoms with van der Waals surface area (Å²) in [6, 6.07) is 7.75. The van der Waals surface area contributed by atoms with Crippen LogP contribution in [-0.4, -0.2) is 22.2 Å². The summed E-state index contributed by atoms with van der Waals surface area (Å²) in [5, 5.41) is 38.5. The molecule has 0 fully saturated rings. The molecule has 0 aromatic heterocycles. The van der Waals surface area contributed by atoms with Crippen LogP contribution in [-0.2, 0) is 19.5 Å². The van der Waals surface area contributed by atoms with Gasteiger partial charge in [-0.05, 0) is 37.1 Å². The van der Waals surface area contributed by atoms with Gasteiger partial charge in [0.05, 0.1) is 11.1 Å². The van der Waals surface area contributed by atoms with E-state index in [1.54, 1.807) is 13.8 Å². The molecule has 2 N–H and O–H groups in total. The molecule has 0 saturated carbocycles. The molecule has 0 unspecified atom stereocenters. The molecule has 2 aromatic carbocycles. The summed E-state index contributed by atoms with van der Waals surface area (Å²) < 4.78 is 0. The molecular formula is C16H14O6Zn. The molecule has 2 aromatic rings. The molecule has 6 nitrogen and oxygen atoms in total. The predicted molar refractivity (Wildman–Crippen MR) is 75.2 cm³/mol. The second-order valence-electron chi connectivity index (χ2n) is 4.56. The summed E-state index contributed by atoms with van der Waals surface area (Å²) in [7, 11) is 0. The Morgan fingerprint density at radius 3 is 1.30 bits per heavy atom. The van der Waals surface area contributed by atoms with Crippen LogP contribution in [0.4, 0.5) is 0 Å². The van der Waals surface area contributed by atoms with E-state index < -0.39 is 11.9 Å². The van der Waals surface area contributed by atoms with Crippen LogP contribution in [0, 0.1) is 13.8 Å². The van der Waals surface area contributed by atoms with E-state index in [4.69, 9.17) is 10.2 Å². The van der Waals surface area contributed by atoms with Crippen LogP contribution in [0.3, 0.4) is 0 Å². The third-order valence-corrected chi connectivity index (χ3v) is 2.86. The molecule has 0 bridgehead atoms. The fourth-order valence-corrected chi connectivity index (χ4v) is 1.75. The monoisotopic (exact) mass is 366 g/mol. The van der Waals surface area contributed by atoms with E-state index in [9.17, 15) is 19.8 Å². The van der Waals surface area contributed by atoms with E-state index in [0.717, 1.165) is 0 Å². The van der Waals surface area contributed by atoms with Crippen LogP contribution in [0.5, 0.6) is 11.5 Å². The van der Waals surface area contributed by atoms with Gasteiger partial charge in [0.1, 0.15) is 0 Å². The van der Waals surface area contributed by atoms with Gasteiger partial charge in [0.25, 0.3) is 0 Å². The first-order chi connectivity index (χ1) is 10.2. The maximum absolute atomic E-state index is 10.7. The van der Waals surface area contributed by atoms with Crippen molar-refractivity contribution in [3.63, 3.8) is 0 Å². The summed E-state index contributed by atoms with van der Waals surface area (Å²) in [5.74, 6) is -2.31. The Labute approximate surface area is 145 Å². The van der Waals surface area contributed by atoms with E-state index >= 15 is 0 Å². The largest absolute Gasteiger partial charge is 2.00 e. The molecule has 7 heteroatoms. The average Bonchev–Trinajstić information content (AvgIpc) is 2.38. The van der Waals surface area contributed by atoms with Crippen LogP contribution in [0.2, 0.25) is 0 Å². The van der Waals surface area contributed by atoms with Crippen molar-refractivity contribution in [2.24, 2.45) is 0 Å². The first kappa shape index (κ1) is 20.6. The van der Waals surface area contributed by atoms with E-state index in [1.807, 2.05) is 0 Å². The second kappa shape index (κ2) is 8.90. The van der Waals surface area contributed by atoms with Crippen molar-refractivity contribution in [2.75, 3.05) is 0 Å². The van der Waals surface area contributed by atoms with Crippen LogP contribution >= 0.6 is 0 Å². The molecule has 0 atom stereocenters. The minimum Gasteiger partial charge on any atom is -0.872 e. The number of hydrogen-bond acceptors (Lipinski definition) is 4. The van der Waals surface area contributed by atoms with Crippen LogP contribution < -0.4 is 10.2 Å². The summed E-state index contributed by atoms with van der Waals surface area (Å²) in [6.45, 7) is 3.20. The van der Waals surface area contributed by atoms with Gasteiger partial charge in [-0.25, -0.2) is 9.59 Å². The number of aromatic carboxylic acids is 2. The fourth-order valence-electron chi connectivity index (χ4n) is 1.75. The van der Waals surface area contributed by atoms with Gasteiger partial charge in [0.15, 0.2) is 0 Å². The van der Waals surface area contributed by atoms with Crippen molar-refractivity contribution in [1.29, 1.82) is 0 Å². The van der Waals surface area contributed by atoms with Crippen molar-refractivity contribution in [1.82, 2.24) is 0 Å². The van der Waals surface area contributed by atoms with Crippen LogP contribution in [0.25, 0.3) is 0 Å². The van der Waals surface area contributed by atoms with E-state index in [1.165, 1.54) is 36.4 Å². The number of hydrogen-bond donors (Lipinski definition) is 2. The molecule has 0 aliphatic carbocycles. The molecule has 0 aliphatic rings. The topological polar surface area (TPSA) is 121 Å². The molecular weight excluding hydrogens is 354 g/mol. The number of carboxylic acid groups (broad SMARTS) is 2. The van der Waals surface area contributed by atoms with Crippen LogP contribution in [0.15, 0.2) is 36.4 Å². The Balaban J connectivity index is 0.000000403. The SMILES string of the molecule is Cc1cc([O-])ccc1C(=O)O.Cc1cc([O-])ccc1C(=O)O.[Zn+2]. The standard InChI is InChI=1S/2C8H8O3.Zn/c2*1-5-4-6(9)2-3-7(5)8(10)11;/h2*2-4,9H,1H3,(H,10,11);/q;;+2/p-2. The predicted octanol–water partition coefficient (Wildman–Crippen LogP) is 1.53. The zero-order chi connectivity index (χ0) is 16.9. The smallest absolute Gasteiger partial charge is 0.872 e. The van der Waals surface area contributed by atoms with E-state index in [-0.39, 0.29) is 42.1 Å². The summed E-state index contributed by atoms with van der Waals surface area (Å²) in [4.78, 5) is 20.9. The number of aryl methyl sites for hydroxylation is 2.